The van der Waals surface area contributed by atoms with Crippen LogP contribution in [0.15, 0.2) is 47.9 Å². The predicted molar refractivity (Wildman–Crippen MR) is 93.5 cm³/mol. The highest BCUT2D eigenvalue weighted by Crippen LogP contribution is 2.71. The Hall–Kier alpha value is -0.940. The number of pyridine rings is 1. The Balaban J connectivity index is 1.59. The minimum atomic E-state index is -0.243. The lowest BCUT2D eigenvalue weighted by atomic mass is 9.56. The zero-order valence-electron chi connectivity index (χ0n) is 13.1. The Morgan fingerprint density at radius 3 is 2.27 bits per heavy atom. The summed E-state index contributed by atoms with van der Waals surface area (Å²) in [7, 11) is -0.243. The van der Waals surface area contributed by atoms with E-state index >= 15 is 0 Å². The van der Waals surface area contributed by atoms with Crippen LogP contribution >= 0.6 is 7.92 Å². The van der Waals surface area contributed by atoms with E-state index < -0.39 is 0 Å². The fourth-order valence-corrected chi connectivity index (χ4v) is 9.77. The second-order valence-electron chi connectivity index (χ2n) is 7.96. The first-order valence-corrected chi connectivity index (χ1v) is 10.2. The molecule has 0 saturated heterocycles. The van der Waals surface area contributed by atoms with Gasteiger partial charge >= 0.3 is 0 Å². The van der Waals surface area contributed by atoms with Gasteiger partial charge in [0.05, 0.1) is 5.44 Å². The SMILES string of the molecule is C1=CCC(P(c2ccccn2)C23CC4CC(CC(C4)C2)C3)=C1. The molecule has 5 aliphatic rings. The molecule has 1 nitrogen and oxygen atoms in total. The van der Waals surface area contributed by atoms with Crippen molar-refractivity contribution >= 4 is 13.4 Å². The van der Waals surface area contributed by atoms with E-state index in [4.69, 9.17) is 4.98 Å². The first-order chi connectivity index (χ1) is 10.8. The summed E-state index contributed by atoms with van der Waals surface area (Å²) in [6, 6.07) is 6.57. The zero-order valence-corrected chi connectivity index (χ0v) is 14.0. The Morgan fingerprint density at radius 1 is 1.00 bits per heavy atom. The molecule has 114 valence electrons. The van der Waals surface area contributed by atoms with Crippen molar-refractivity contribution in [3.05, 3.63) is 47.9 Å². The fraction of sp³-hybridized carbons (Fsp3) is 0.550. The maximum absolute atomic E-state index is 4.84. The summed E-state index contributed by atoms with van der Waals surface area (Å²) in [5.74, 6) is 3.07. The Kier molecular flexibility index (Phi) is 3.09. The average molecular weight is 309 g/mol. The number of nitrogens with zero attached hydrogens (tertiary/aromatic N) is 1. The number of allylic oxidation sites excluding steroid dienone is 4. The molecule has 1 unspecified atom stereocenters. The quantitative estimate of drug-likeness (QED) is 0.716. The van der Waals surface area contributed by atoms with E-state index in [2.05, 4.69) is 36.4 Å². The second-order valence-corrected chi connectivity index (χ2v) is 10.6. The Bertz CT molecular complexity index is 595. The molecule has 0 aromatic carbocycles. The number of aromatic nitrogens is 1. The lowest BCUT2D eigenvalue weighted by molar-refractivity contribution is 0.0362. The van der Waals surface area contributed by atoms with E-state index in [0.29, 0.717) is 5.16 Å². The van der Waals surface area contributed by atoms with Gasteiger partial charge in [0.1, 0.15) is 0 Å². The third-order valence-corrected chi connectivity index (χ3v) is 9.52. The van der Waals surface area contributed by atoms with Crippen LogP contribution in [0.5, 0.6) is 0 Å². The van der Waals surface area contributed by atoms with Crippen molar-refractivity contribution in [3.8, 4) is 0 Å². The fourth-order valence-electron chi connectivity index (χ4n) is 6.12. The number of rotatable bonds is 3. The van der Waals surface area contributed by atoms with Gasteiger partial charge in [-0.15, -0.1) is 0 Å². The first kappa shape index (κ1) is 13.5. The van der Waals surface area contributed by atoms with Crippen LogP contribution in [-0.2, 0) is 0 Å². The van der Waals surface area contributed by atoms with Crippen molar-refractivity contribution in [3.63, 3.8) is 0 Å². The molecule has 6 rings (SSSR count). The van der Waals surface area contributed by atoms with Gasteiger partial charge in [-0.1, -0.05) is 24.3 Å². The van der Waals surface area contributed by atoms with Crippen LogP contribution in [0.4, 0.5) is 0 Å². The minimum absolute atomic E-state index is 0.243. The highest BCUT2D eigenvalue weighted by atomic mass is 31.1. The molecule has 4 fully saturated rings. The Labute approximate surface area is 134 Å². The van der Waals surface area contributed by atoms with Gasteiger partial charge in [0.25, 0.3) is 0 Å². The molecule has 1 heterocycles. The molecule has 0 radical (unpaired) electrons. The molecular formula is C20H24NP. The van der Waals surface area contributed by atoms with Crippen molar-refractivity contribution in [1.29, 1.82) is 0 Å². The van der Waals surface area contributed by atoms with Gasteiger partial charge in [0, 0.05) is 11.4 Å². The molecule has 1 atom stereocenters. The zero-order chi connectivity index (χ0) is 14.6. The molecule has 1 aromatic rings. The van der Waals surface area contributed by atoms with Crippen molar-refractivity contribution in [2.24, 2.45) is 17.8 Å². The average Bonchev–Trinajstić information content (AvgIpc) is 3.00. The monoisotopic (exact) mass is 309 g/mol. The van der Waals surface area contributed by atoms with Gasteiger partial charge < -0.3 is 0 Å². The van der Waals surface area contributed by atoms with Crippen LogP contribution in [0.25, 0.3) is 0 Å². The van der Waals surface area contributed by atoms with Crippen LogP contribution in [0.1, 0.15) is 44.9 Å². The molecule has 0 spiro atoms. The van der Waals surface area contributed by atoms with Gasteiger partial charge in [0.2, 0.25) is 0 Å². The van der Waals surface area contributed by atoms with E-state index in [1.807, 2.05) is 6.20 Å². The van der Waals surface area contributed by atoms with Gasteiger partial charge in [-0.3, -0.25) is 4.98 Å². The van der Waals surface area contributed by atoms with Crippen LogP contribution in [0.3, 0.4) is 0 Å². The van der Waals surface area contributed by atoms with E-state index in [1.165, 1.54) is 50.4 Å². The van der Waals surface area contributed by atoms with Crippen molar-refractivity contribution in [1.82, 2.24) is 4.98 Å². The molecule has 0 amide bonds. The molecule has 1 aromatic heterocycles. The summed E-state index contributed by atoms with van der Waals surface area (Å²) < 4.78 is 0. The van der Waals surface area contributed by atoms with Crippen LogP contribution in [0.2, 0.25) is 0 Å². The van der Waals surface area contributed by atoms with Crippen LogP contribution in [-0.4, -0.2) is 10.1 Å². The smallest absolute Gasteiger partial charge is 0.0678 e. The van der Waals surface area contributed by atoms with E-state index in [-0.39, 0.29) is 7.92 Å². The van der Waals surface area contributed by atoms with E-state index in [9.17, 15) is 0 Å². The van der Waals surface area contributed by atoms with Crippen LogP contribution in [0, 0.1) is 17.8 Å². The van der Waals surface area contributed by atoms with Crippen LogP contribution < -0.4 is 5.44 Å². The maximum Gasteiger partial charge on any atom is 0.0678 e. The topological polar surface area (TPSA) is 12.9 Å². The van der Waals surface area contributed by atoms with Gasteiger partial charge in [-0.2, -0.15) is 0 Å². The largest absolute Gasteiger partial charge is 0.256 e. The molecule has 4 saturated carbocycles. The molecule has 0 aliphatic heterocycles. The maximum atomic E-state index is 4.84. The minimum Gasteiger partial charge on any atom is -0.256 e. The lowest BCUT2D eigenvalue weighted by Gasteiger charge is -2.59. The number of hydrogen-bond donors (Lipinski definition) is 0. The summed E-state index contributed by atoms with van der Waals surface area (Å²) >= 11 is 0. The molecule has 2 heteroatoms. The summed E-state index contributed by atoms with van der Waals surface area (Å²) in [6.45, 7) is 0. The van der Waals surface area contributed by atoms with Crippen molar-refractivity contribution in [2.45, 2.75) is 50.1 Å². The predicted octanol–water partition coefficient (Wildman–Crippen LogP) is 5.00. The summed E-state index contributed by atoms with van der Waals surface area (Å²) in [6.07, 6.45) is 19.3. The van der Waals surface area contributed by atoms with Crippen molar-refractivity contribution in [2.75, 3.05) is 0 Å². The third-order valence-electron chi connectivity index (χ3n) is 6.40. The molecule has 22 heavy (non-hydrogen) atoms. The van der Waals surface area contributed by atoms with Gasteiger partial charge in [0.15, 0.2) is 0 Å². The van der Waals surface area contributed by atoms with Gasteiger partial charge in [-0.05, 0) is 88.1 Å². The second kappa shape index (κ2) is 5.03. The van der Waals surface area contributed by atoms with E-state index in [0.717, 1.165) is 17.8 Å². The normalized spacial score (nSPS) is 40.0. The molecule has 4 bridgehead atoms. The number of hydrogen-bond acceptors (Lipinski definition) is 1. The Morgan fingerprint density at radius 2 is 1.73 bits per heavy atom. The highest BCUT2D eigenvalue weighted by Gasteiger charge is 2.55. The lowest BCUT2D eigenvalue weighted by Crippen LogP contribution is -2.50. The molecule has 0 N–H and O–H groups in total. The summed E-state index contributed by atoms with van der Waals surface area (Å²) in [4.78, 5) is 4.84. The molecule has 5 aliphatic carbocycles. The molecular weight excluding hydrogens is 285 g/mol. The van der Waals surface area contributed by atoms with Gasteiger partial charge in [-0.25, -0.2) is 0 Å². The highest BCUT2D eigenvalue weighted by molar-refractivity contribution is 7.71. The first-order valence-electron chi connectivity index (χ1n) is 8.89. The third kappa shape index (κ3) is 2.05. The summed E-state index contributed by atoms with van der Waals surface area (Å²) in [5.41, 5.74) is 1.40. The van der Waals surface area contributed by atoms with E-state index in [1.54, 1.807) is 5.31 Å². The summed E-state index contributed by atoms with van der Waals surface area (Å²) in [5, 5.41) is 2.27. The van der Waals surface area contributed by atoms with Crippen molar-refractivity contribution < 1.29 is 0 Å². The standard InChI is InChI=1S/C20H24NP/c1-2-6-18(5-1)22(19-7-3-4-8-21-19)20-12-15-9-16(13-20)11-17(10-15)14-20/h1-5,7-8,15-17H,6,9-14H2.